The summed E-state index contributed by atoms with van der Waals surface area (Å²) in [6, 6.07) is 0. The smallest absolute Gasteiger partial charge is 0.0329 e. The van der Waals surface area contributed by atoms with Crippen molar-refractivity contribution in [3.8, 4) is 0 Å². The van der Waals surface area contributed by atoms with Gasteiger partial charge in [-0.15, -0.1) is 0 Å². The lowest BCUT2D eigenvalue weighted by molar-refractivity contribution is 0.276. The highest BCUT2D eigenvalue weighted by atomic mass is 14.5. The van der Waals surface area contributed by atoms with Crippen LogP contribution < -0.4 is 0 Å². The molecule has 0 heteroatoms. The molecule has 1 aliphatic carbocycles. The molecule has 0 aromatic heterocycles. The Hall–Kier alpha value is 0. The molecule has 0 bridgehead atoms. The van der Waals surface area contributed by atoms with Crippen molar-refractivity contribution in [2.45, 2.75) is 53.9 Å². The van der Waals surface area contributed by atoms with Gasteiger partial charge >= 0.3 is 0 Å². The predicted octanol–water partition coefficient (Wildman–Crippen LogP) is 4.35. The summed E-state index contributed by atoms with van der Waals surface area (Å²) in [4.78, 5) is 0. The molecule has 13 heavy (non-hydrogen) atoms. The molecular formula is C13H26. The van der Waals surface area contributed by atoms with Crippen LogP contribution in [0.1, 0.15) is 53.9 Å². The molecule has 0 heterocycles. The van der Waals surface area contributed by atoms with E-state index in [1.54, 1.807) is 0 Å². The summed E-state index contributed by atoms with van der Waals surface area (Å²) in [6.07, 6.45) is 4.18. The van der Waals surface area contributed by atoms with E-state index in [0.29, 0.717) is 0 Å². The Morgan fingerprint density at radius 3 is 1.92 bits per heavy atom. The highest BCUT2D eigenvalue weighted by molar-refractivity contribution is 4.95. The van der Waals surface area contributed by atoms with Crippen molar-refractivity contribution in [3.05, 3.63) is 0 Å². The SMILES string of the molecule is CCCC(CC)C(C)C1C(C)C1C. The zero-order chi connectivity index (χ0) is 10.0. The molecule has 0 radical (unpaired) electrons. The lowest BCUT2D eigenvalue weighted by Gasteiger charge is -2.22. The second-order valence-electron chi connectivity index (χ2n) is 5.11. The standard InChI is InChI=1S/C13H26/c1-6-8-12(7-2)11(5)13-9(3)10(13)4/h9-13H,6-8H2,1-5H3. The van der Waals surface area contributed by atoms with Crippen molar-refractivity contribution in [3.63, 3.8) is 0 Å². The summed E-state index contributed by atoms with van der Waals surface area (Å²) in [6.45, 7) is 12.0. The zero-order valence-corrected chi connectivity index (χ0v) is 10.0. The van der Waals surface area contributed by atoms with Crippen LogP contribution in [0.5, 0.6) is 0 Å². The van der Waals surface area contributed by atoms with Crippen molar-refractivity contribution in [2.24, 2.45) is 29.6 Å². The summed E-state index contributed by atoms with van der Waals surface area (Å²) < 4.78 is 0. The average Bonchev–Trinajstić information content (AvgIpc) is 2.70. The van der Waals surface area contributed by atoms with Crippen LogP contribution in [0.2, 0.25) is 0 Å². The topological polar surface area (TPSA) is 0 Å². The largest absolute Gasteiger partial charge is 0.0654 e. The van der Waals surface area contributed by atoms with Gasteiger partial charge in [0.15, 0.2) is 0 Å². The summed E-state index contributed by atoms with van der Waals surface area (Å²) in [5.74, 6) is 5.00. The Morgan fingerprint density at radius 2 is 1.62 bits per heavy atom. The van der Waals surface area contributed by atoms with Gasteiger partial charge in [0.25, 0.3) is 0 Å². The van der Waals surface area contributed by atoms with Gasteiger partial charge in [-0.1, -0.05) is 53.9 Å². The van der Waals surface area contributed by atoms with E-state index in [2.05, 4.69) is 34.6 Å². The lowest BCUT2D eigenvalue weighted by Crippen LogP contribution is -2.14. The fourth-order valence-electron chi connectivity index (χ4n) is 3.18. The van der Waals surface area contributed by atoms with Gasteiger partial charge in [-0.2, -0.15) is 0 Å². The molecular weight excluding hydrogens is 156 g/mol. The maximum Gasteiger partial charge on any atom is -0.0329 e. The average molecular weight is 182 g/mol. The molecule has 1 saturated carbocycles. The molecule has 0 spiro atoms. The Labute approximate surface area is 84.1 Å². The second kappa shape index (κ2) is 4.48. The molecule has 0 aliphatic heterocycles. The van der Waals surface area contributed by atoms with Crippen molar-refractivity contribution < 1.29 is 0 Å². The first-order valence-corrected chi connectivity index (χ1v) is 6.13. The molecule has 0 N–H and O–H groups in total. The maximum atomic E-state index is 2.48. The minimum Gasteiger partial charge on any atom is -0.0654 e. The molecule has 0 nitrogen and oxygen atoms in total. The second-order valence-corrected chi connectivity index (χ2v) is 5.11. The van der Waals surface area contributed by atoms with E-state index < -0.39 is 0 Å². The Balaban J connectivity index is 2.40. The predicted molar refractivity (Wildman–Crippen MR) is 59.7 cm³/mol. The summed E-state index contributed by atoms with van der Waals surface area (Å²) in [5, 5.41) is 0. The quantitative estimate of drug-likeness (QED) is 0.593. The van der Waals surface area contributed by atoms with Crippen LogP contribution in [0.15, 0.2) is 0 Å². The van der Waals surface area contributed by atoms with Gasteiger partial charge in [-0.05, 0) is 29.6 Å². The molecule has 0 saturated heterocycles. The Kier molecular flexibility index (Phi) is 3.82. The Bertz CT molecular complexity index is 142. The van der Waals surface area contributed by atoms with Crippen LogP contribution in [0.3, 0.4) is 0 Å². The minimum absolute atomic E-state index is 0.968. The van der Waals surface area contributed by atoms with E-state index in [0.717, 1.165) is 29.6 Å². The van der Waals surface area contributed by atoms with Gasteiger partial charge < -0.3 is 0 Å². The summed E-state index contributed by atoms with van der Waals surface area (Å²) in [7, 11) is 0. The van der Waals surface area contributed by atoms with Crippen LogP contribution in [-0.4, -0.2) is 0 Å². The van der Waals surface area contributed by atoms with E-state index in [4.69, 9.17) is 0 Å². The molecule has 1 rings (SSSR count). The molecule has 1 aliphatic rings. The third-order valence-corrected chi connectivity index (χ3v) is 4.44. The highest BCUT2D eigenvalue weighted by Gasteiger charge is 2.47. The molecule has 78 valence electrons. The van der Waals surface area contributed by atoms with Crippen LogP contribution in [0.4, 0.5) is 0 Å². The molecule has 0 amide bonds. The molecule has 0 aromatic carbocycles. The first-order valence-electron chi connectivity index (χ1n) is 6.13. The number of hydrogen-bond acceptors (Lipinski definition) is 0. The van der Waals surface area contributed by atoms with Gasteiger partial charge in [0, 0.05) is 0 Å². The van der Waals surface area contributed by atoms with Crippen LogP contribution in [-0.2, 0) is 0 Å². The van der Waals surface area contributed by atoms with Crippen molar-refractivity contribution in [1.29, 1.82) is 0 Å². The summed E-state index contributed by atoms with van der Waals surface area (Å²) >= 11 is 0. The first-order chi connectivity index (χ1) is 6.13. The molecule has 1 fully saturated rings. The van der Waals surface area contributed by atoms with Gasteiger partial charge in [0.1, 0.15) is 0 Å². The number of rotatable bonds is 5. The third kappa shape index (κ3) is 2.27. The van der Waals surface area contributed by atoms with Crippen molar-refractivity contribution in [1.82, 2.24) is 0 Å². The number of hydrogen-bond donors (Lipinski definition) is 0. The van der Waals surface area contributed by atoms with Crippen LogP contribution in [0.25, 0.3) is 0 Å². The molecule has 0 aromatic rings. The van der Waals surface area contributed by atoms with E-state index >= 15 is 0 Å². The normalized spacial score (nSPS) is 37.2. The van der Waals surface area contributed by atoms with Gasteiger partial charge in [-0.25, -0.2) is 0 Å². The van der Waals surface area contributed by atoms with E-state index in [9.17, 15) is 0 Å². The van der Waals surface area contributed by atoms with Crippen molar-refractivity contribution in [2.75, 3.05) is 0 Å². The zero-order valence-electron chi connectivity index (χ0n) is 10.0. The molecule has 4 unspecified atom stereocenters. The minimum atomic E-state index is 0.968. The van der Waals surface area contributed by atoms with Gasteiger partial charge in [-0.3, -0.25) is 0 Å². The third-order valence-electron chi connectivity index (χ3n) is 4.44. The first kappa shape index (κ1) is 11.1. The molecule has 4 atom stereocenters. The van der Waals surface area contributed by atoms with Gasteiger partial charge in [0.05, 0.1) is 0 Å². The van der Waals surface area contributed by atoms with E-state index in [-0.39, 0.29) is 0 Å². The summed E-state index contributed by atoms with van der Waals surface area (Å²) in [5.41, 5.74) is 0. The van der Waals surface area contributed by atoms with E-state index in [1.165, 1.54) is 19.3 Å². The van der Waals surface area contributed by atoms with Crippen LogP contribution in [0, 0.1) is 29.6 Å². The fourth-order valence-corrected chi connectivity index (χ4v) is 3.18. The Morgan fingerprint density at radius 1 is 1.08 bits per heavy atom. The lowest BCUT2D eigenvalue weighted by atomic mass is 9.83. The van der Waals surface area contributed by atoms with Gasteiger partial charge in [0.2, 0.25) is 0 Å². The van der Waals surface area contributed by atoms with Crippen molar-refractivity contribution >= 4 is 0 Å². The maximum absolute atomic E-state index is 2.48. The monoisotopic (exact) mass is 182 g/mol. The van der Waals surface area contributed by atoms with Crippen LogP contribution >= 0.6 is 0 Å². The fraction of sp³-hybridized carbons (Fsp3) is 1.00. The highest BCUT2D eigenvalue weighted by Crippen LogP contribution is 2.53. The van der Waals surface area contributed by atoms with E-state index in [1.807, 2.05) is 0 Å².